The van der Waals surface area contributed by atoms with Gasteiger partial charge in [0.2, 0.25) is 0 Å². The zero-order valence-corrected chi connectivity index (χ0v) is 10.6. The molecule has 0 spiro atoms. The fraction of sp³-hybridized carbons (Fsp3) is 0.538. The van der Waals surface area contributed by atoms with Crippen molar-refractivity contribution in [1.82, 2.24) is 0 Å². The smallest absolute Gasteiger partial charge is 0.131 e. The molecule has 0 aliphatic heterocycles. The molecule has 17 heavy (non-hydrogen) atoms. The molecule has 0 fully saturated rings. The summed E-state index contributed by atoms with van der Waals surface area (Å²) >= 11 is 0. The highest BCUT2D eigenvalue weighted by atomic mass is 19.1. The van der Waals surface area contributed by atoms with Gasteiger partial charge in [0.25, 0.3) is 0 Å². The van der Waals surface area contributed by atoms with Crippen LogP contribution in [0.4, 0.5) is 8.78 Å². The molecule has 1 aromatic rings. The second-order valence-electron chi connectivity index (χ2n) is 5.18. The fourth-order valence-corrected chi connectivity index (χ4v) is 2.02. The molecule has 0 aliphatic carbocycles. The molecule has 1 rings (SSSR count). The first-order valence-electron chi connectivity index (χ1n) is 5.51. The summed E-state index contributed by atoms with van der Waals surface area (Å²) in [7, 11) is 1.49. The first-order valence-corrected chi connectivity index (χ1v) is 5.51. The molecular formula is C13H19F2NO. The lowest BCUT2D eigenvalue weighted by atomic mass is 9.82. The Morgan fingerprint density at radius 3 is 2.00 bits per heavy atom. The first kappa shape index (κ1) is 14.1. The van der Waals surface area contributed by atoms with Gasteiger partial charge in [0, 0.05) is 12.7 Å². The summed E-state index contributed by atoms with van der Waals surface area (Å²) in [4.78, 5) is 0. The van der Waals surface area contributed by atoms with Gasteiger partial charge in [0.05, 0.1) is 12.1 Å². The average Bonchev–Trinajstić information content (AvgIpc) is 2.15. The lowest BCUT2D eigenvalue weighted by Gasteiger charge is -2.34. The van der Waals surface area contributed by atoms with Crippen LogP contribution in [0.5, 0.6) is 0 Å². The first-order chi connectivity index (χ1) is 7.79. The van der Waals surface area contributed by atoms with Crippen molar-refractivity contribution in [2.45, 2.75) is 32.9 Å². The van der Waals surface area contributed by atoms with Crippen LogP contribution in [0.25, 0.3) is 0 Å². The number of halogens is 2. The van der Waals surface area contributed by atoms with E-state index in [2.05, 4.69) is 0 Å². The average molecular weight is 243 g/mol. The zero-order valence-electron chi connectivity index (χ0n) is 10.6. The normalized spacial score (nSPS) is 15.7. The van der Waals surface area contributed by atoms with Gasteiger partial charge in [-0.1, -0.05) is 26.8 Å². The zero-order chi connectivity index (χ0) is 13.2. The molecule has 0 radical (unpaired) electrons. The molecule has 0 amide bonds. The molecule has 0 bridgehead atoms. The number of rotatable bonds is 3. The Bertz CT molecular complexity index is 367. The minimum absolute atomic E-state index is 0.116. The van der Waals surface area contributed by atoms with Crippen molar-refractivity contribution in [3.05, 3.63) is 35.4 Å². The van der Waals surface area contributed by atoms with Crippen LogP contribution >= 0.6 is 0 Å². The highest BCUT2D eigenvalue weighted by molar-refractivity contribution is 5.24. The molecule has 2 unspecified atom stereocenters. The van der Waals surface area contributed by atoms with Gasteiger partial charge < -0.3 is 10.5 Å². The Labute approximate surface area is 101 Å². The van der Waals surface area contributed by atoms with Crippen molar-refractivity contribution in [1.29, 1.82) is 0 Å². The number of benzene rings is 1. The van der Waals surface area contributed by atoms with Crippen molar-refractivity contribution >= 4 is 0 Å². The molecule has 96 valence electrons. The molecule has 2 N–H and O–H groups in total. The van der Waals surface area contributed by atoms with Crippen molar-refractivity contribution in [3.8, 4) is 0 Å². The maximum atomic E-state index is 13.6. The number of ether oxygens (including phenoxy) is 1. The van der Waals surface area contributed by atoms with Crippen LogP contribution in [0.1, 0.15) is 32.4 Å². The number of nitrogens with two attached hydrogens (primary N) is 1. The van der Waals surface area contributed by atoms with E-state index in [0.717, 1.165) is 0 Å². The maximum Gasteiger partial charge on any atom is 0.131 e. The molecule has 0 saturated heterocycles. The molecule has 0 saturated carbocycles. The second-order valence-corrected chi connectivity index (χ2v) is 5.18. The lowest BCUT2D eigenvalue weighted by molar-refractivity contribution is -0.00392. The second kappa shape index (κ2) is 5.10. The Kier molecular flexibility index (Phi) is 4.22. The highest BCUT2D eigenvalue weighted by Crippen LogP contribution is 2.32. The minimum Gasteiger partial charge on any atom is -0.379 e. The van der Waals surface area contributed by atoms with Gasteiger partial charge in [-0.25, -0.2) is 8.78 Å². The van der Waals surface area contributed by atoms with Crippen LogP contribution in [-0.2, 0) is 4.74 Å². The van der Waals surface area contributed by atoms with Crippen molar-refractivity contribution in [2.24, 2.45) is 11.1 Å². The Hall–Kier alpha value is -1.00. The molecular weight excluding hydrogens is 224 g/mol. The topological polar surface area (TPSA) is 35.2 Å². The van der Waals surface area contributed by atoms with Gasteiger partial charge in [-0.05, 0) is 17.5 Å². The van der Waals surface area contributed by atoms with Crippen LogP contribution in [0, 0.1) is 17.0 Å². The predicted octanol–water partition coefficient (Wildman–Crippen LogP) is 3.03. The van der Waals surface area contributed by atoms with Gasteiger partial charge in [-0.15, -0.1) is 0 Å². The molecule has 1 aromatic carbocycles. The molecule has 0 aliphatic rings. The summed E-state index contributed by atoms with van der Waals surface area (Å²) in [6.45, 7) is 5.75. The van der Waals surface area contributed by atoms with Crippen molar-refractivity contribution < 1.29 is 13.5 Å². The molecule has 0 heterocycles. The standard InChI is InChI=1S/C13H19F2NO/c1-13(2,3)12(17-4)11(16)10-8(14)6-5-7-9(10)15/h5-7,11-12H,16H2,1-4H3. The van der Waals surface area contributed by atoms with Crippen LogP contribution in [0.15, 0.2) is 18.2 Å². The number of hydrogen-bond donors (Lipinski definition) is 1. The SMILES string of the molecule is COC(C(N)c1c(F)cccc1F)C(C)(C)C. The summed E-state index contributed by atoms with van der Waals surface area (Å²) in [6.07, 6.45) is -0.464. The van der Waals surface area contributed by atoms with Crippen LogP contribution in [0.3, 0.4) is 0 Å². The van der Waals surface area contributed by atoms with Crippen LogP contribution < -0.4 is 5.73 Å². The van der Waals surface area contributed by atoms with E-state index in [4.69, 9.17) is 10.5 Å². The monoisotopic (exact) mass is 243 g/mol. The summed E-state index contributed by atoms with van der Waals surface area (Å²) in [6, 6.07) is 2.89. The quantitative estimate of drug-likeness (QED) is 0.885. The van der Waals surface area contributed by atoms with E-state index in [1.54, 1.807) is 0 Å². The Morgan fingerprint density at radius 2 is 1.65 bits per heavy atom. The fourth-order valence-electron chi connectivity index (χ4n) is 2.02. The predicted molar refractivity (Wildman–Crippen MR) is 63.5 cm³/mol. The van der Waals surface area contributed by atoms with Crippen molar-refractivity contribution in [2.75, 3.05) is 7.11 Å². The summed E-state index contributed by atoms with van der Waals surface area (Å²) in [5.41, 5.74) is 5.51. The Morgan fingerprint density at radius 1 is 1.18 bits per heavy atom. The molecule has 0 aromatic heterocycles. The lowest BCUT2D eigenvalue weighted by Crippen LogP contribution is -2.39. The van der Waals surface area contributed by atoms with E-state index in [9.17, 15) is 8.78 Å². The van der Waals surface area contributed by atoms with E-state index in [-0.39, 0.29) is 11.0 Å². The van der Waals surface area contributed by atoms with E-state index in [1.165, 1.54) is 25.3 Å². The van der Waals surface area contributed by atoms with E-state index in [0.29, 0.717) is 0 Å². The van der Waals surface area contributed by atoms with Gasteiger partial charge in [0.1, 0.15) is 11.6 Å². The largest absolute Gasteiger partial charge is 0.379 e. The van der Waals surface area contributed by atoms with E-state index < -0.39 is 23.8 Å². The third-order valence-corrected chi connectivity index (χ3v) is 2.77. The number of hydrogen-bond acceptors (Lipinski definition) is 2. The third kappa shape index (κ3) is 3.01. The summed E-state index contributed by atoms with van der Waals surface area (Å²) in [5.74, 6) is -1.27. The van der Waals surface area contributed by atoms with Gasteiger partial charge in [-0.3, -0.25) is 0 Å². The number of methoxy groups -OCH3 is 1. The highest BCUT2D eigenvalue weighted by Gasteiger charge is 2.33. The van der Waals surface area contributed by atoms with Crippen LogP contribution in [-0.4, -0.2) is 13.2 Å². The van der Waals surface area contributed by atoms with Crippen LogP contribution in [0.2, 0.25) is 0 Å². The van der Waals surface area contributed by atoms with E-state index >= 15 is 0 Å². The van der Waals surface area contributed by atoms with Gasteiger partial charge in [-0.2, -0.15) is 0 Å². The molecule has 2 nitrogen and oxygen atoms in total. The van der Waals surface area contributed by atoms with Gasteiger partial charge >= 0.3 is 0 Å². The third-order valence-electron chi connectivity index (χ3n) is 2.77. The minimum atomic E-state index is -0.832. The maximum absolute atomic E-state index is 13.6. The summed E-state index contributed by atoms with van der Waals surface area (Å²) < 4.78 is 32.5. The molecule has 4 heteroatoms. The summed E-state index contributed by atoms with van der Waals surface area (Å²) in [5, 5.41) is 0. The van der Waals surface area contributed by atoms with E-state index in [1.807, 2.05) is 20.8 Å². The Balaban J connectivity index is 3.15. The van der Waals surface area contributed by atoms with Crippen molar-refractivity contribution in [3.63, 3.8) is 0 Å². The van der Waals surface area contributed by atoms with Gasteiger partial charge in [0.15, 0.2) is 0 Å². The molecule has 2 atom stereocenters.